The predicted molar refractivity (Wildman–Crippen MR) is 80.6 cm³/mol. The minimum atomic E-state index is -3.42. The van der Waals surface area contributed by atoms with E-state index in [1.807, 2.05) is 11.8 Å². The monoisotopic (exact) mass is 333 g/mol. The summed E-state index contributed by atoms with van der Waals surface area (Å²) in [6, 6.07) is 6.33. The normalized spacial score (nSPS) is 23.2. The second-order valence-corrected chi connectivity index (χ2v) is 8.78. The molecule has 1 aromatic rings. The van der Waals surface area contributed by atoms with Crippen molar-refractivity contribution in [1.82, 2.24) is 4.31 Å². The zero-order chi connectivity index (χ0) is 14.2. The van der Waals surface area contributed by atoms with Gasteiger partial charge >= 0.3 is 0 Å². The van der Waals surface area contributed by atoms with Crippen LogP contribution in [-0.2, 0) is 14.8 Å². The summed E-state index contributed by atoms with van der Waals surface area (Å²) in [6.07, 6.45) is 1.51. The Balaban J connectivity index is 1.75. The molecule has 0 aliphatic carbocycles. The van der Waals surface area contributed by atoms with Gasteiger partial charge in [-0.25, -0.2) is 8.42 Å². The molecule has 7 heteroatoms. The fraction of sp³-hybridized carbons (Fsp3) is 0.538. The second kappa shape index (κ2) is 5.50. The van der Waals surface area contributed by atoms with E-state index >= 15 is 0 Å². The fourth-order valence-corrected chi connectivity index (χ4v) is 5.35. The van der Waals surface area contributed by atoms with Gasteiger partial charge in [-0.05, 0) is 37.1 Å². The molecular weight excluding hydrogens is 318 g/mol. The highest BCUT2D eigenvalue weighted by Crippen LogP contribution is 2.42. The van der Waals surface area contributed by atoms with Crippen molar-refractivity contribution >= 4 is 33.4 Å². The van der Waals surface area contributed by atoms with Crippen LogP contribution in [0.5, 0.6) is 0 Å². The first-order valence-electron chi connectivity index (χ1n) is 6.56. The van der Waals surface area contributed by atoms with Crippen molar-refractivity contribution in [3.63, 3.8) is 0 Å². The van der Waals surface area contributed by atoms with Crippen molar-refractivity contribution < 1.29 is 13.2 Å². The van der Waals surface area contributed by atoms with Crippen molar-refractivity contribution in [2.24, 2.45) is 0 Å². The molecule has 0 N–H and O–H groups in total. The van der Waals surface area contributed by atoms with E-state index in [1.165, 1.54) is 0 Å². The molecule has 2 aliphatic rings. The molecule has 1 spiro atoms. The lowest BCUT2D eigenvalue weighted by atomic mass is 10.1. The summed E-state index contributed by atoms with van der Waals surface area (Å²) in [4.78, 5) is 0.157. The van der Waals surface area contributed by atoms with Gasteiger partial charge in [0.05, 0.1) is 11.5 Å². The molecule has 2 heterocycles. The molecule has 2 aliphatic heterocycles. The van der Waals surface area contributed by atoms with Crippen LogP contribution >= 0.6 is 23.4 Å². The van der Waals surface area contributed by atoms with Gasteiger partial charge in [0.15, 0.2) is 0 Å². The van der Waals surface area contributed by atoms with Crippen LogP contribution in [0.15, 0.2) is 29.2 Å². The summed E-state index contributed by atoms with van der Waals surface area (Å²) in [7, 11) is -3.42. The topological polar surface area (TPSA) is 46.6 Å². The standard InChI is InChI=1S/C13H16ClNO3S2/c14-11-1-3-12(4-2-11)20(16,17)15-7-5-13(6-8-15)18-9-10-19-13/h1-4H,5-10H2. The van der Waals surface area contributed by atoms with Crippen LogP contribution in [-0.4, -0.2) is 43.1 Å². The SMILES string of the molecule is O=S(=O)(c1ccc(Cl)cc1)N1CCC2(CC1)OCCS2. The highest BCUT2D eigenvalue weighted by atomic mass is 35.5. The zero-order valence-electron chi connectivity index (χ0n) is 10.9. The molecule has 0 unspecified atom stereocenters. The number of rotatable bonds is 2. The van der Waals surface area contributed by atoms with Crippen LogP contribution in [0.1, 0.15) is 12.8 Å². The van der Waals surface area contributed by atoms with E-state index in [0.717, 1.165) is 25.2 Å². The maximum absolute atomic E-state index is 12.5. The first kappa shape index (κ1) is 14.7. The minimum Gasteiger partial charge on any atom is -0.363 e. The second-order valence-electron chi connectivity index (χ2n) is 4.97. The third kappa shape index (κ3) is 2.72. The van der Waals surface area contributed by atoms with Crippen molar-refractivity contribution in [1.29, 1.82) is 0 Å². The average Bonchev–Trinajstić information content (AvgIpc) is 2.88. The Morgan fingerprint density at radius 1 is 1.20 bits per heavy atom. The van der Waals surface area contributed by atoms with Gasteiger partial charge < -0.3 is 4.74 Å². The number of benzene rings is 1. The van der Waals surface area contributed by atoms with Gasteiger partial charge in [0.25, 0.3) is 0 Å². The number of thioether (sulfide) groups is 1. The van der Waals surface area contributed by atoms with E-state index in [0.29, 0.717) is 23.0 Å². The Morgan fingerprint density at radius 2 is 1.85 bits per heavy atom. The average molecular weight is 334 g/mol. The quantitative estimate of drug-likeness (QED) is 0.834. The summed E-state index contributed by atoms with van der Waals surface area (Å²) in [5.41, 5.74) is 0. The molecule has 4 nitrogen and oxygen atoms in total. The number of hydrogen-bond acceptors (Lipinski definition) is 4. The third-order valence-electron chi connectivity index (χ3n) is 3.75. The zero-order valence-corrected chi connectivity index (χ0v) is 13.3. The van der Waals surface area contributed by atoms with Crippen LogP contribution < -0.4 is 0 Å². The summed E-state index contributed by atoms with van der Waals surface area (Å²) in [5.74, 6) is 1.00. The van der Waals surface area contributed by atoms with Crippen LogP contribution in [0.2, 0.25) is 5.02 Å². The van der Waals surface area contributed by atoms with Crippen molar-refractivity contribution in [2.45, 2.75) is 22.7 Å². The molecule has 0 bridgehead atoms. The van der Waals surface area contributed by atoms with E-state index in [9.17, 15) is 8.42 Å². The molecule has 1 aromatic carbocycles. The largest absolute Gasteiger partial charge is 0.363 e. The van der Waals surface area contributed by atoms with E-state index in [1.54, 1.807) is 28.6 Å². The van der Waals surface area contributed by atoms with Crippen molar-refractivity contribution in [2.75, 3.05) is 25.4 Å². The Kier molecular flexibility index (Phi) is 4.03. The number of ether oxygens (including phenoxy) is 1. The van der Waals surface area contributed by atoms with Crippen LogP contribution in [0, 0.1) is 0 Å². The molecular formula is C13H16ClNO3S2. The Hall–Kier alpha value is -0.270. The first-order valence-corrected chi connectivity index (χ1v) is 9.36. The number of sulfonamides is 1. The van der Waals surface area contributed by atoms with E-state index in [-0.39, 0.29) is 4.93 Å². The molecule has 0 atom stereocenters. The minimum absolute atomic E-state index is 0.147. The van der Waals surface area contributed by atoms with Crippen LogP contribution in [0.25, 0.3) is 0 Å². The first-order chi connectivity index (χ1) is 9.52. The van der Waals surface area contributed by atoms with Gasteiger partial charge in [-0.2, -0.15) is 4.31 Å². The van der Waals surface area contributed by atoms with Crippen molar-refractivity contribution in [3.8, 4) is 0 Å². The third-order valence-corrected chi connectivity index (χ3v) is 7.34. The van der Waals surface area contributed by atoms with Gasteiger partial charge in [-0.3, -0.25) is 0 Å². The lowest BCUT2D eigenvalue weighted by Gasteiger charge is -2.37. The van der Waals surface area contributed by atoms with Gasteiger partial charge in [0, 0.05) is 23.9 Å². The molecule has 0 amide bonds. The lowest BCUT2D eigenvalue weighted by Crippen LogP contribution is -2.44. The highest BCUT2D eigenvalue weighted by Gasteiger charge is 2.42. The number of hydrogen-bond donors (Lipinski definition) is 0. The predicted octanol–water partition coefficient (Wildman–Crippen LogP) is 2.58. The summed E-state index contributed by atoms with van der Waals surface area (Å²) in [6.45, 7) is 1.80. The van der Waals surface area contributed by atoms with E-state index in [4.69, 9.17) is 16.3 Å². The molecule has 0 saturated carbocycles. The maximum Gasteiger partial charge on any atom is 0.243 e. The summed E-state index contributed by atoms with van der Waals surface area (Å²) < 4.78 is 32.4. The molecule has 2 saturated heterocycles. The lowest BCUT2D eigenvalue weighted by molar-refractivity contribution is 0.0162. The number of nitrogens with zero attached hydrogens (tertiary/aromatic N) is 1. The van der Waals surface area contributed by atoms with Crippen molar-refractivity contribution in [3.05, 3.63) is 29.3 Å². The molecule has 20 heavy (non-hydrogen) atoms. The van der Waals surface area contributed by atoms with Crippen LogP contribution in [0.4, 0.5) is 0 Å². The Bertz CT molecular complexity index is 572. The summed E-state index contributed by atoms with van der Waals surface area (Å²) >= 11 is 7.62. The number of halogens is 1. The smallest absolute Gasteiger partial charge is 0.243 e. The molecule has 110 valence electrons. The number of piperidine rings is 1. The molecule has 0 radical (unpaired) electrons. The molecule has 0 aromatic heterocycles. The Morgan fingerprint density at radius 3 is 2.40 bits per heavy atom. The van der Waals surface area contributed by atoms with Crippen LogP contribution in [0.3, 0.4) is 0 Å². The Labute approximate surface area is 128 Å². The molecule has 3 rings (SSSR count). The maximum atomic E-state index is 12.5. The van der Waals surface area contributed by atoms with Gasteiger partial charge in [-0.1, -0.05) is 11.6 Å². The van der Waals surface area contributed by atoms with Gasteiger partial charge in [0.2, 0.25) is 10.0 Å². The van der Waals surface area contributed by atoms with Gasteiger partial charge in [0.1, 0.15) is 4.93 Å². The van der Waals surface area contributed by atoms with Gasteiger partial charge in [-0.15, -0.1) is 11.8 Å². The fourth-order valence-electron chi connectivity index (χ4n) is 2.61. The van der Waals surface area contributed by atoms with E-state index < -0.39 is 10.0 Å². The summed E-state index contributed by atoms with van der Waals surface area (Å²) in [5, 5.41) is 0.539. The highest BCUT2D eigenvalue weighted by molar-refractivity contribution is 8.00. The van der Waals surface area contributed by atoms with E-state index in [2.05, 4.69) is 0 Å². The molecule has 2 fully saturated rings.